The molecule has 0 aromatic heterocycles. The van der Waals surface area contributed by atoms with Gasteiger partial charge >= 0.3 is 5.97 Å². The van der Waals surface area contributed by atoms with Crippen molar-refractivity contribution < 1.29 is 23.8 Å². The van der Waals surface area contributed by atoms with Crippen molar-refractivity contribution in [1.29, 1.82) is 0 Å². The van der Waals surface area contributed by atoms with E-state index in [0.29, 0.717) is 17.2 Å². The number of ether oxygens (including phenoxy) is 3. The van der Waals surface area contributed by atoms with Crippen LogP contribution in [0.1, 0.15) is 23.6 Å². The maximum Gasteiger partial charge on any atom is 0.344 e. The minimum atomic E-state index is -0.941. The van der Waals surface area contributed by atoms with Crippen LogP contribution < -0.4 is 14.8 Å². The van der Waals surface area contributed by atoms with E-state index < -0.39 is 18.0 Å². The number of aryl methyl sites for hydroxylation is 3. The zero-order valence-electron chi connectivity index (χ0n) is 16.3. The van der Waals surface area contributed by atoms with Crippen molar-refractivity contribution in [3.63, 3.8) is 0 Å². The Labute approximate surface area is 159 Å². The number of esters is 1. The third kappa shape index (κ3) is 5.74. The maximum absolute atomic E-state index is 12.2. The van der Waals surface area contributed by atoms with Crippen LogP contribution in [0.5, 0.6) is 11.5 Å². The number of benzene rings is 2. The summed E-state index contributed by atoms with van der Waals surface area (Å²) < 4.78 is 15.8. The molecule has 2 aromatic rings. The van der Waals surface area contributed by atoms with Crippen LogP contribution in [-0.2, 0) is 14.3 Å². The molecule has 1 amide bonds. The fraction of sp³-hybridized carbons (Fsp3) is 0.333. The third-order valence-corrected chi connectivity index (χ3v) is 3.97. The largest absolute Gasteiger partial charge is 0.497 e. The van der Waals surface area contributed by atoms with E-state index >= 15 is 0 Å². The second-order valence-electron chi connectivity index (χ2n) is 6.37. The minimum Gasteiger partial charge on any atom is -0.497 e. The van der Waals surface area contributed by atoms with Gasteiger partial charge in [-0.05, 0) is 63.1 Å². The summed E-state index contributed by atoms with van der Waals surface area (Å²) in [5.41, 5.74) is 3.62. The van der Waals surface area contributed by atoms with Crippen molar-refractivity contribution in [1.82, 2.24) is 0 Å². The molecule has 6 nitrogen and oxygen atoms in total. The lowest BCUT2D eigenvalue weighted by Gasteiger charge is -2.16. The highest BCUT2D eigenvalue weighted by Crippen LogP contribution is 2.24. The van der Waals surface area contributed by atoms with Gasteiger partial charge in [0.25, 0.3) is 5.91 Å². The maximum atomic E-state index is 12.2. The normalized spacial score (nSPS) is 11.4. The quantitative estimate of drug-likeness (QED) is 0.753. The second kappa shape index (κ2) is 9.07. The molecule has 144 valence electrons. The molecule has 1 atom stereocenters. The standard InChI is InChI=1S/C21H25NO5/c1-13-10-14(2)20(15(3)11-13)26-12-19(23)27-16(4)21(24)22-17-6-8-18(25-5)9-7-17/h6-11,16H,12H2,1-5H3,(H,22,24)/t16-/m1/s1. The molecule has 0 bridgehead atoms. The average Bonchev–Trinajstić information content (AvgIpc) is 2.61. The van der Waals surface area contributed by atoms with Crippen molar-refractivity contribution in [3.8, 4) is 11.5 Å². The van der Waals surface area contributed by atoms with Crippen LogP contribution in [0.4, 0.5) is 5.69 Å². The van der Waals surface area contributed by atoms with E-state index in [0.717, 1.165) is 16.7 Å². The molecule has 0 saturated carbocycles. The van der Waals surface area contributed by atoms with E-state index in [-0.39, 0.29) is 6.61 Å². The number of hydrogen-bond acceptors (Lipinski definition) is 5. The topological polar surface area (TPSA) is 73.9 Å². The van der Waals surface area contributed by atoms with Crippen molar-refractivity contribution in [2.45, 2.75) is 33.8 Å². The summed E-state index contributed by atoms with van der Waals surface area (Å²) in [6.07, 6.45) is -0.941. The van der Waals surface area contributed by atoms with E-state index in [2.05, 4.69) is 5.32 Å². The van der Waals surface area contributed by atoms with Gasteiger partial charge in [-0.1, -0.05) is 17.7 Å². The van der Waals surface area contributed by atoms with Crippen molar-refractivity contribution in [2.75, 3.05) is 19.0 Å². The molecule has 0 saturated heterocycles. The minimum absolute atomic E-state index is 0.259. The van der Waals surface area contributed by atoms with Crippen LogP contribution in [0.15, 0.2) is 36.4 Å². The van der Waals surface area contributed by atoms with Gasteiger partial charge in [0.2, 0.25) is 0 Å². The second-order valence-corrected chi connectivity index (χ2v) is 6.37. The molecule has 0 radical (unpaired) electrons. The number of carbonyl (C=O) groups is 2. The molecule has 0 heterocycles. The Hall–Kier alpha value is -3.02. The predicted octanol–water partition coefficient (Wildman–Crippen LogP) is 3.57. The van der Waals surface area contributed by atoms with Gasteiger partial charge in [0.15, 0.2) is 12.7 Å². The lowest BCUT2D eigenvalue weighted by Crippen LogP contribution is -2.31. The van der Waals surface area contributed by atoms with Crippen molar-refractivity contribution in [3.05, 3.63) is 53.1 Å². The molecule has 0 spiro atoms. The van der Waals surface area contributed by atoms with Crippen LogP contribution in [0.3, 0.4) is 0 Å². The molecule has 2 aromatic carbocycles. The number of anilines is 1. The molecule has 0 unspecified atom stereocenters. The number of amides is 1. The lowest BCUT2D eigenvalue weighted by molar-refractivity contribution is -0.155. The lowest BCUT2D eigenvalue weighted by atomic mass is 10.1. The number of nitrogens with one attached hydrogen (secondary N) is 1. The van der Waals surface area contributed by atoms with Gasteiger partial charge in [-0.3, -0.25) is 4.79 Å². The van der Waals surface area contributed by atoms with Gasteiger partial charge in [-0.25, -0.2) is 4.79 Å². The first-order valence-electron chi connectivity index (χ1n) is 8.65. The summed E-state index contributed by atoms with van der Waals surface area (Å²) in [5, 5.41) is 2.68. The van der Waals surface area contributed by atoms with Gasteiger partial charge in [0.1, 0.15) is 11.5 Å². The summed E-state index contributed by atoms with van der Waals surface area (Å²) in [4.78, 5) is 24.2. The van der Waals surface area contributed by atoms with E-state index in [1.165, 1.54) is 6.92 Å². The van der Waals surface area contributed by atoms with Crippen LogP contribution >= 0.6 is 0 Å². The first-order valence-corrected chi connectivity index (χ1v) is 8.65. The van der Waals surface area contributed by atoms with E-state index in [9.17, 15) is 9.59 Å². The predicted molar refractivity (Wildman–Crippen MR) is 103 cm³/mol. The van der Waals surface area contributed by atoms with Gasteiger partial charge in [0.05, 0.1) is 7.11 Å². The van der Waals surface area contributed by atoms with Crippen LogP contribution in [0, 0.1) is 20.8 Å². The highest BCUT2D eigenvalue weighted by Gasteiger charge is 2.19. The Bertz CT molecular complexity index is 791. The fourth-order valence-electron chi connectivity index (χ4n) is 2.73. The number of rotatable bonds is 7. The Kier molecular flexibility index (Phi) is 6.82. The van der Waals surface area contributed by atoms with Crippen LogP contribution in [0.25, 0.3) is 0 Å². The van der Waals surface area contributed by atoms with Crippen molar-refractivity contribution in [2.24, 2.45) is 0 Å². The molecular weight excluding hydrogens is 346 g/mol. The van der Waals surface area contributed by atoms with Gasteiger partial charge < -0.3 is 19.5 Å². The molecule has 6 heteroatoms. The first kappa shape index (κ1) is 20.3. The summed E-state index contributed by atoms with van der Waals surface area (Å²) in [6, 6.07) is 10.8. The smallest absolute Gasteiger partial charge is 0.344 e. The molecule has 0 aliphatic heterocycles. The first-order chi connectivity index (χ1) is 12.8. The zero-order valence-corrected chi connectivity index (χ0v) is 16.3. The van der Waals surface area contributed by atoms with Crippen LogP contribution in [-0.4, -0.2) is 31.7 Å². The average molecular weight is 371 g/mol. The molecule has 0 fully saturated rings. The highest BCUT2D eigenvalue weighted by molar-refractivity contribution is 5.95. The fourth-order valence-corrected chi connectivity index (χ4v) is 2.73. The summed E-state index contributed by atoms with van der Waals surface area (Å²) >= 11 is 0. The highest BCUT2D eigenvalue weighted by atomic mass is 16.6. The molecule has 0 aliphatic carbocycles. The van der Waals surface area contributed by atoms with E-state index in [1.807, 2.05) is 32.9 Å². The zero-order chi connectivity index (χ0) is 20.0. The molecule has 0 aliphatic rings. The number of hydrogen-bond donors (Lipinski definition) is 1. The molecular formula is C21H25NO5. The van der Waals surface area contributed by atoms with Crippen LogP contribution in [0.2, 0.25) is 0 Å². The van der Waals surface area contributed by atoms with Crippen molar-refractivity contribution >= 4 is 17.6 Å². The molecule has 1 N–H and O–H groups in total. The number of methoxy groups -OCH3 is 1. The SMILES string of the molecule is COc1ccc(NC(=O)[C@@H](C)OC(=O)COc2c(C)cc(C)cc2C)cc1. The Morgan fingerprint density at radius 1 is 1.04 bits per heavy atom. The summed E-state index contributed by atoms with van der Waals surface area (Å²) in [6.45, 7) is 7.10. The molecule has 2 rings (SSSR count). The van der Waals surface area contributed by atoms with E-state index in [1.54, 1.807) is 31.4 Å². The third-order valence-electron chi connectivity index (χ3n) is 3.97. The van der Waals surface area contributed by atoms with Gasteiger partial charge in [-0.15, -0.1) is 0 Å². The monoisotopic (exact) mass is 371 g/mol. The Balaban J connectivity index is 1.86. The molecule has 27 heavy (non-hydrogen) atoms. The van der Waals surface area contributed by atoms with E-state index in [4.69, 9.17) is 14.2 Å². The summed E-state index contributed by atoms with van der Waals surface area (Å²) in [7, 11) is 1.57. The Morgan fingerprint density at radius 3 is 2.19 bits per heavy atom. The number of carbonyl (C=O) groups excluding carboxylic acids is 2. The van der Waals surface area contributed by atoms with Gasteiger partial charge in [-0.2, -0.15) is 0 Å². The Morgan fingerprint density at radius 2 is 1.63 bits per heavy atom. The summed E-state index contributed by atoms with van der Waals surface area (Å²) in [5.74, 6) is 0.321. The van der Waals surface area contributed by atoms with Gasteiger partial charge in [0, 0.05) is 5.69 Å².